The van der Waals surface area contributed by atoms with E-state index in [1.807, 2.05) is 60.7 Å². The molecule has 0 spiro atoms. The second-order valence-electron chi connectivity index (χ2n) is 6.57. The maximum Gasteiger partial charge on any atom is 0.221 e. The molecule has 1 amide bonds. The van der Waals surface area contributed by atoms with E-state index in [1.54, 1.807) is 0 Å². The highest BCUT2D eigenvalue weighted by Crippen LogP contribution is 2.29. The van der Waals surface area contributed by atoms with Crippen LogP contribution in [0.5, 0.6) is 0 Å². The molecule has 4 rings (SSSR count). The Labute approximate surface area is 147 Å². The number of amides is 1. The molecule has 0 aliphatic heterocycles. The number of allylic oxidation sites excluding steroid dienone is 2. The number of benzene rings is 2. The Hall–Kier alpha value is -2.81. The molecule has 0 bridgehead atoms. The van der Waals surface area contributed by atoms with Crippen LogP contribution in [0.15, 0.2) is 77.2 Å². The Bertz CT molecular complexity index is 862. The van der Waals surface area contributed by atoms with Crippen molar-refractivity contribution in [2.75, 3.05) is 0 Å². The fourth-order valence-electron chi connectivity index (χ4n) is 3.43. The SMILES string of the molecule is O=C(CC1C=CCC1)NC(c1ccccc1)c1cc2ccccc2o1. The highest BCUT2D eigenvalue weighted by molar-refractivity contribution is 5.80. The van der Waals surface area contributed by atoms with Gasteiger partial charge in [-0.15, -0.1) is 0 Å². The van der Waals surface area contributed by atoms with E-state index in [9.17, 15) is 4.79 Å². The molecule has 126 valence electrons. The van der Waals surface area contributed by atoms with Crippen LogP contribution in [-0.4, -0.2) is 5.91 Å². The number of para-hydroxylation sites is 1. The first kappa shape index (κ1) is 15.7. The molecule has 3 aromatic rings. The van der Waals surface area contributed by atoms with Crippen molar-refractivity contribution in [2.45, 2.75) is 25.3 Å². The molecule has 1 aliphatic carbocycles. The summed E-state index contributed by atoms with van der Waals surface area (Å²) in [5.41, 5.74) is 1.86. The second kappa shape index (κ2) is 6.98. The lowest BCUT2D eigenvalue weighted by molar-refractivity contribution is -0.122. The van der Waals surface area contributed by atoms with E-state index >= 15 is 0 Å². The van der Waals surface area contributed by atoms with E-state index in [0.717, 1.165) is 35.1 Å². The van der Waals surface area contributed by atoms with Crippen LogP contribution >= 0.6 is 0 Å². The summed E-state index contributed by atoms with van der Waals surface area (Å²) in [5.74, 6) is 1.18. The third-order valence-electron chi connectivity index (χ3n) is 4.73. The first-order valence-electron chi connectivity index (χ1n) is 8.79. The lowest BCUT2D eigenvalue weighted by atomic mass is 10.0. The number of rotatable bonds is 5. The highest BCUT2D eigenvalue weighted by Gasteiger charge is 2.22. The quantitative estimate of drug-likeness (QED) is 0.669. The van der Waals surface area contributed by atoms with Gasteiger partial charge in [0.25, 0.3) is 0 Å². The molecule has 0 radical (unpaired) electrons. The lowest BCUT2D eigenvalue weighted by Crippen LogP contribution is -2.30. The number of hydrogen-bond acceptors (Lipinski definition) is 2. The van der Waals surface area contributed by atoms with Crippen LogP contribution in [0.2, 0.25) is 0 Å². The van der Waals surface area contributed by atoms with Gasteiger partial charge in [-0.25, -0.2) is 0 Å². The minimum Gasteiger partial charge on any atom is -0.459 e. The molecule has 1 aromatic heterocycles. The van der Waals surface area contributed by atoms with Crippen molar-refractivity contribution in [1.29, 1.82) is 0 Å². The van der Waals surface area contributed by atoms with Crippen LogP contribution in [0.3, 0.4) is 0 Å². The van der Waals surface area contributed by atoms with Crippen LogP contribution in [0, 0.1) is 5.92 Å². The lowest BCUT2D eigenvalue weighted by Gasteiger charge is -2.18. The monoisotopic (exact) mass is 331 g/mol. The van der Waals surface area contributed by atoms with Gasteiger partial charge in [-0.3, -0.25) is 4.79 Å². The van der Waals surface area contributed by atoms with E-state index < -0.39 is 0 Å². The van der Waals surface area contributed by atoms with Gasteiger partial charge < -0.3 is 9.73 Å². The summed E-state index contributed by atoms with van der Waals surface area (Å²) in [4.78, 5) is 12.6. The van der Waals surface area contributed by atoms with Crippen LogP contribution in [-0.2, 0) is 4.79 Å². The fraction of sp³-hybridized carbons (Fsp3) is 0.227. The van der Waals surface area contributed by atoms with Crippen LogP contribution in [0.1, 0.15) is 36.6 Å². The van der Waals surface area contributed by atoms with Gasteiger partial charge in [0.05, 0.1) is 0 Å². The number of fused-ring (bicyclic) bond motifs is 1. The topological polar surface area (TPSA) is 42.2 Å². The fourth-order valence-corrected chi connectivity index (χ4v) is 3.43. The van der Waals surface area contributed by atoms with E-state index in [-0.39, 0.29) is 11.9 Å². The van der Waals surface area contributed by atoms with E-state index in [2.05, 4.69) is 17.5 Å². The minimum absolute atomic E-state index is 0.0610. The van der Waals surface area contributed by atoms with Gasteiger partial charge in [0.15, 0.2) is 0 Å². The summed E-state index contributed by atoms with van der Waals surface area (Å²) in [6.07, 6.45) is 6.97. The summed E-state index contributed by atoms with van der Waals surface area (Å²) in [6, 6.07) is 19.7. The Balaban J connectivity index is 1.62. The normalized spacial score (nSPS) is 17.7. The van der Waals surface area contributed by atoms with Crippen molar-refractivity contribution >= 4 is 16.9 Å². The molecule has 0 saturated carbocycles. The van der Waals surface area contributed by atoms with Gasteiger partial charge in [-0.2, -0.15) is 0 Å². The van der Waals surface area contributed by atoms with Gasteiger partial charge in [0.1, 0.15) is 17.4 Å². The van der Waals surface area contributed by atoms with E-state index in [0.29, 0.717) is 12.3 Å². The van der Waals surface area contributed by atoms with E-state index in [1.165, 1.54) is 0 Å². The summed E-state index contributed by atoms with van der Waals surface area (Å²) >= 11 is 0. The first-order valence-corrected chi connectivity index (χ1v) is 8.79. The van der Waals surface area contributed by atoms with Crippen molar-refractivity contribution in [2.24, 2.45) is 5.92 Å². The minimum atomic E-state index is -0.272. The Morgan fingerprint density at radius 2 is 1.92 bits per heavy atom. The van der Waals surface area contributed by atoms with Crippen LogP contribution < -0.4 is 5.32 Å². The highest BCUT2D eigenvalue weighted by atomic mass is 16.3. The standard InChI is InChI=1S/C22H21NO2/c24-21(14-16-8-4-5-9-16)23-22(17-10-2-1-3-11-17)20-15-18-12-6-7-13-19(18)25-20/h1-4,6-8,10-13,15-16,22H,5,9,14H2,(H,23,24). The summed E-state index contributed by atoms with van der Waals surface area (Å²) in [6.45, 7) is 0. The largest absolute Gasteiger partial charge is 0.459 e. The number of carbonyl (C=O) groups is 1. The van der Waals surface area contributed by atoms with Gasteiger partial charge in [0, 0.05) is 11.8 Å². The predicted octanol–water partition coefficient (Wildman–Crippen LogP) is 4.99. The molecule has 2 aromatic carbocycles. The Morgan fingerprint density at radius 3 is 2.68 bits per heavy atom. The summed E-state index contributed by atoms with van der Waals surface area (Å²) in [7, 11) is 0. The molecular formula is C22H21NO2. The zero-order chi connectivity index (χ0) is 17.1. The van der Waals surface area contributed by atoms with Crippen molar-refractivity contribution in [3.63, 3.8) is 0 Å². The Morgan fingerprint density at radius 1 is 1.12 bits per heavy atom. The number of hydrogen-bond donors (Lipinski definition) is 1. The zero-order valence-electron chi connectivity index (χ0n) is 14.0. The van der Waals surface area contributed by atoms with Crippen molar-refractivity contribution in [1.82, 2.24) is 5.32 Å². The average Bonchev–Trinajstić information content (AvgIpc) is 3.29. The average molecular weight is 331 g/mol. The maximum absolute atomic E-state index is 12.6. The van der Waals surface area contributed by atoms with Crippen molar-refractivity contribution < 1.29 is 9.21 Å². The number of furan rings is 1. The van der Waals surface area contributed by atoms with E-state index in [4.69, 9.17) is 4.42 Å². The third-order valence-corrected chi connectivity index (χ3v) is 4.73. The zero-order valence-corrected chi connectivity index (χ0v) is 14.0. The van der Waals surface area contributed by atoms with Crippen LogP contribution in [0.25, 0.3) is 11.0 Å². The molecule has 3 heteroatoms. The first-order chi connectivity index (χ1) is 12.3. The molecule has 3 nitrogen and oxygen atoms in total. The van der Waals surface area contributed by atoms with Crippen molar-refractivity contribution in [3.8, 4) is 0 Å². The molecule has 25 heavy (non-hydrogen) atoms. The molecular weight excluding hydrogens is 310 g/mol. The third kappa shape index (κ3) is 3.50. The number of nitrogens with one attached hydrogen (secondary N) is 1. The summed E-state index contributed by atoms with van der Waals surface area (Å²) in [5, 5.41) is 4.22. The molecule has 1 heterocycles. The molecule has 2 atom stereocenters. The molecule has 0 saturated heterocycles. The smallest absolute Gasteiger partial charge is 0.221 e. The Kier molecular flexibility index (Phi) is 4.38. The predicted molar refractivity (Wildman–Crippen MR) is 99.1 cm³/mol. The molecule has 2 unspecified atom stereocenters. The maximum atomic E-state index is 12.6. The van der Waals surface area contributed by atoms with Gasteiger partial charge in [-0.05, 0) is 36.5 Å². The summed E-state index contributed by atoms with van der Waals surface area (Å²) < 4.78 is 6.03. The van der Waals surface area contributed by atoms with Gasteiger partial charge in [-0.1, -0.05) is 60.7 Å². The molecule has 1 N–H and O–H groups in total. The number of carbonyl (C=O) groups excluding carboxylic acids is 1. The molecule has 1 aliphatic rings. The van der Waals surface area contributed by atoms with Gasteiger partial charge in [0.2, 0.25) is 5.91 Å². The molecule has 0 fully saturated rings. The van der Waals surface area contributed by atoms with Gasteiger partial charge >= 0.3 is 0 Å². The second-order valence-corrected chi connectivity index (χ2v) is 6.57. The van der Waals surface area contributed by atoms with Crippen LogP contribution in [0.4, 0.5) is 0 Å². The van der Waals surface area contributed by atoms with Crippen molar-refractivity contribution in [3.05, 3.63) is 84.1 Å².